The van der Waals surface area contributed by atoms with Crippen molar-refractivity contribution in [1.82, 2.24) is 0 Å². The number of fused-ring (bicyclic) bond motifs is 3. The molecule has 0 aliphatic carbocycles. The number of aryl methyl sites for hydroxylation is 3. The highest BCUT2D eigenvalue weighted by Crippen LogP contribution is 2.32. The second kappa shape index (κ2) is 3.08. The summed E-state index contributed by atoms with van der Waals surface area (Å²) in [7, 11) is 2.09. The van der Waals surface area contributed by atoms with Crippen LogP contribution in [0.3, 0.4) is 0 Å². The lowest BCUT2D eigenvalue weighted by atomic mass is 10.1. The summed E-state index contributed by atoms with van der Waals surface area (Å²) in [6, 6.07) is 10.4. The highest BCUT2D eigenvalue weighted by atomic mass is 16.3. The van der Waals surface area contributed by atoms with Crippen LogP contribution in [0.1, 0.15) is 11.3 Å². The van der Waals surface area contributed by atoms with Crippen molar-refractivity contribution in [1.29, 1.82) is 0 Å². The van der Waals surface area contributed by atoms with Crippen molar-refractivity contribution in [2.24, 2.45) is 7.05 Å². The van der Waals surface area contributed by atoms with Gasteiger partial charge in [-0.2, -0.15) is 4.57 Å². The maximum Gasteiger partial charge on any atom is 0.252 e. The summed E-state index contributed by atoms with van der Waals surface area (Å²) in [6.45, 7) is 4.12. The fraction of sp³-hybridized carbons (Fsp3) is 0.214. The number of rotatable bonds is 0. The van der Waals surface area contributed by atoms with Crippen LogP contribution in [-0.2, 0) is 7.05 Å². The summed E-state index contributed by atoms with van der Waals surface area (Å²) in [6.07, 6.45) is 0. The van der Waals surface area contributed by atoms with Crippen molar-refractivity contribution < 1.29 is 8.98 Å². The van der Waals surface area contributed by atoms with Crippen molar-refractivity contribution in [2.45, 2.75) is 13.8 Å². The van der Waals surface area contributed by atoms with Crippen LogP contribution in [0.5, 0.6) is 0 Å². The minimum absolute atomic E-state index is 0.960. The molecule has 0 bridgehead atoms. The van der Waals surface area contributed by atoms with Gasteiger partial charge in [0, 0.05) is 11.6 Å². The average molecular weight is 212 g/mol. The van der Waals surface area contributed by atoms with Gasteiger partial charge in [-0.3, -0.25) is 0 Å². The van der Waals surface area contributed by atoms with E-state index in [9.17, 15) is 0 Å². The molecular formula is C14H14NO+. The van der Waals surface area contributed by atoms with Gasteiger partial charge in [-0.1, -0.05) is 12.1 Å². The van der Waals surface area contributed by atoms with E-state index in [2.05, 4.69) is 48.9 Å². The lowest BCUT2D eigenvalue weighted by Crippen LogP contribution is -2.28. The van der Waals surface area contributed by atoms with E-state index < -0.39 is 0 Å². The summed E-state index contributed by atoms with van der Waals surface area (Å²) in [5.74, 6) is 1.96. The second-order valence-electron chi connectivity index (χ2n) is 4.29. The first kappa shape index (κ1) is 9.40. The van der Waals surface area contributed by atoms with Gasteiger partial charge >= 0.3 is 0 Å². The molecule has 80 valence electrons. The third-order valence-corrected chi connectivity index (χ3v) is 3.12. The van der Waals surface area contributed by atoms with Gasteiger partial charge < -0.3 is 4.42 Å². The fourth-order valence-corrected chi connectivity index (χ4v) is 2.47. The Morgan fingerprint density at radius 2 is 1.88 bits per heavy atom. The molecule has 0 saturated carbocycles. The Balaban J connectivity index is 2.59. The molecule has 0 atom stereocenters. The number of nitrogens with zero attached hydrogens (tertiary/aromatic N) is 1. The Morgan fingerprint density at radius 1 is 1.12 bits per heavy atom. The van der Waals surface area contributed by atoms with Gasteiger partial charge in [0.15, 0.2) is 0 Å². The van der Waals surface area contributed by atoms with E-state index in [4.69, 9.17) is 4.42 Å². The van der Waals surface area contributed by atoms with Crippen LogP contribution in [0.4, 0.5) is 0 Å². The van der Waals surface area contributed by atoms with E-state index in [0.29, 0.717) is 0 Å². The van der Waals surface area contributed by atoms with Crippen molar-refractivity contribution in [3.8, 4) is 11.5 Å². The van der Waals surface area contributed by atoms with Gasteiger partial charge in [0.05, 0.1) is 5.39 Å². The number of aromatic nitrogens is 1. The predicted octanol–water partition coefficient (Wildman–Crippen LogP) is 2.98. The van der Waals surface area contributed by atoms with Crippen LogP contribution < -0.4 is 4.57 Å². The van der Waals surface area contributed by atoms with Crippen LogP contribution in [0.2, 0.25) is 0 Å². The molecule has 1 aromatic rings. The largest absolute Gasteiger partial charge is 0.454 e. The summed E-state index contributed by atoms with van der Waals surface area (Å²) in [5.41, 5.74) is 3.67. The lowest BCUT2D eigenvalue weighted by Gasteiger charge is -2.00. The summed E-state index contributed by atoms with van der Waals surface area (Å²) < 4.78 is 8.05. The van der Waals surface area contributed by atoms with Crippen LogP contribution in [0, 0.1) is 13.8 Å². The van der Waals surface area contributed by atoms with Crippen LogP contribution in [-0.4, -0.2) is 0 Å². The molecule has 2 heterocycles. The molecule has 0 radical (unpaired) electrons. The molecule has 16 heavy (non-hydrogen) atoms. The first-order chi connectivity index (χ1) is 7.68. The maximum absolute atomic E-state index is 5.86. The fourth-order valence-electron chi connectivity index (χ4n) is 2.47. The molecule has 2 nitrogen and oxygen atoms in total. The first-order valence-corrected chi connectivity index (χ1v) is 5.46. The van der Waals surface area contributed by atoms with Gasteiger partial charge in [0.25, 0.3) is 5.69 Å². The molecule has 2 heteroatoms. The molecule has 3 rings (SSSR count). The zero-order valence-corrected chi connectivity index (χ0v) is 9.74. The van der Waals surface area contributed by atoms with Crippen molar-refractivity contribution in [2.75, 3.05) is 0 Å². The lowest BCUT2D eigenvalue weighted by molar-refractivity contribution is -0.632. The Labute approximate surface area is 94.5 Å². The van der Waals surface area contributed by atoms with E-state index in [1.807, 2.05) is 6.92 Å². The highest BCUT2D eigenvalue weighted by molar-refractivity contribution is 5.91. The normalized spacial score (nSPS) is 11.4. The maximum atomic E-state index is 5.86. The van der Waals surface area contributed by atoms with Crippen LogP contribution in [0.25, 0.3) is 22.4 Å². The third kappa shape index (κ3) is 1.10. The Morgan fingerprint density at radius 3 is 2.69 bits per heavy atom. The minimum Gasteiger partial charge on any atom is -0.454 e. The van der Waals surface area contributed by atoms with E-state index in [0.717, 1.165) is 11.5 Å². The molecule has 0 unspecified atom stereocenters. The molecular weight excluding hydrogens is 198 g/mol. The molecule has 0 amide bonds. The topological polar surface area (TPSA) is 17.0 Å². The second-order valence-corrected chi connectivity index (χ2v) is 4.29. The molecule has 0 saturated heterocycles. The van der Waals surface area contributed by atoms with Gasteiger partial charge in [-0.05, 0) is 26.0 Å². The Kier molecular flexibility index (Phi) is 1.81. The Bertz CT molecular complexity index is 651. The van der Waals surface area contributed by atoms with Gasteiger partial charge in [0.2, 0.25) is 11.3 Å². The first-order valence-electron chi connectivity index (χ1n) is 5.46. The van der Waals surface area contributed by atoms with E-state index in [1.54, 1.807) is 0 Å². The quantitative estimate of drug-likeness (QED) is 0.523. The summed E-state index contributed by atoms with van der Waals surface area (Å²) in [5, 5.41) is 1.19. The smallest absolute Gasteiger partial charge is 0.252 e. The number of hydrogen-bond acceptors (Lipinski definition) is 1. The average Bonchev–Trinajstić information content (AvgIpc) is 2.54. The van der Waals surface area contributed by atoms with Crippen LogP contribution in [0.15, 0.2) is 34.7 Å². The zero-order valence-electron chi connectivity index (χ0n) is 9.74. The Hall–Kier alpha value is -1.83. The summed E-state index contributed by atoms with van der Waals surface area (Å²) in [4.78, 5) is 0. The van der Waals surface area contributed by atoms with E-state index in [1.165, 1.54) is 22.2 Å². The molecule has 0 fully saturated rings. The third-order valence-electron chi connectivity index (χ3n) is 3.12. The van der Waals surface area contributed by atoms with Crippen molar-refractivity contribution >= 4 is 10.9 Å². The number of para-hydroxylation sites is 1. The molecule has 0 spiro atoms. The van der Waals surface area contributed by atoms with Crippen molar-refractivity contribution in [3.05, 3.63) is 41.7 Å². The monoisotopic (exact) mass is 212 g/mol. The summed E-state index contributed by atoms with van der Waals surface area (Å²) >= 11 is 0. The molecule has 0 aromatic heterocycles. The van der Waals surface area contributed by atoms with Gasteiger partial charge in [-0.25, -0.2) is 0 Å². The van der Waals surface area contributed by atoms with E-state index >= 15 is 0 Å². The SMILES string of the molecule is Cc1cc(C)c2[n+](C)c3ccccc3c-2o1. The predicted molar refractivity (Wildman–Crippen MR) is 63.5 cm³/mol. The van der Waals surface area contributed by atoms with Crippen LogP contribution >= 0.6 is 0 Å². The highest BCUT2D eigenvalue weighted by Gasteiger charge is 2.27. The van der Waals surface area contributed by atoms with Gasteiger partial charge in [0.1, 0.15) is 12.8 Å². The van der Waals surface area contributed by atoms with Gasteiger partial charge in [-0.15, -0.1) is 0 Å². The molecule has 2 aliphatic rings. The van der Waals surface area contributed by atoms with E-state index in [-0.39, 0.29) is 0 Å². The zero-order chi connectivity index (χ0) is 11.3. The minimum atomic E-state index is 0.960. The molecule has 2 aliphatic heterocycles. The molecule has 1 aromatic carbocycles. The standard InChI is InChI=1S/C14H14NO/c1-9-8-10(2)16-14-11-6-4-5-7-12(11)15(3)13(9)14/h4-8H,1-3H3/q+1. The van der Waals surface area contributed by atoms with Crippen molar-refractivity contribution in [3.63, 3.8) is 0 Å². The number of hydrogen-bond donors (Lipinski definition) is 0. The number of benzene rings is 1. The molecule has 0 N–H and O–H groups in total.